The molecule has 3 atom stereocenters. The first-order valence-electron chi connectivity index (χ1n) is 6.30. The number of likely N-dealkylation sites (tertiary alicyclic amines) is 1. The van der Waals surface area contributed by atoms with Crippen LogP contribution < -0.4 is 5.32 Å². The summed E-state index contributed by atoms with van der Waals surface area (Å²) in [6.07, 6.45) is -0.0386. The molecule has 96 valence electrons. The van der Waals surface area contributed by atoms with Gasteiger partial charge in [-0.1, -0.05) is 20.8 Å². The van der Waals surface area contributed by atoms with Crippen LogP contribution in [-0.4, -0.2) is 60.0 Å². The summed E-state index contributed by atoms with van der Waals surface area (Å²) >= 11 is 0. The average Bonchev–Trinajstić information content (AvgIpc) is 2.55. The molecule has 1 aliphatic heterocycles. The smallest absolute Gasteiger partial charge is 0.0938 e. The summed E-state index contributed by atoms with van der Waals surface area (Å²) in [5, 5.41) is 22.4. The predicted octanol–water partition coefficient (Wildman–Crippen LogP) is 0.0496. The molecule has 0 aromatic carbocycles. The molecule has 0 saturated carbocycles. The first-order valence-corrected chi connectivity index (χ1v) is 6.30. The third kappa shape index (κ3) is 3.70. The van der Waals surface area contributed by atoms with E-state index >= 15 is 0 Å². The summed E-state index contributed by atoms with van der Waals surface area (Å²) in [4.78, 5) is 2.16. The van der Waals surface area contributed by atoms with E-state index in [1.165, 1.54) is 0 Å². The number of aliphatic hydroxyl groups excluding tert-OH is 2. The van der Waals surface area contributed by atoms with Crippen molar-refractivity contribution in [3.63, 3.8) is 0 Å². The van der Waals surface area contributed by atoms with Crippen LogP contribution in [0.5, 0.6) is 0 Å². The van der Waals surface area contributed by atoms with E-state index in [1.54, 1.807) is 0 Å². The van der Waals surface area contributed by atoms with Gasteiger partial charge in [-0.3, -0.25) is 4.90 Å². The quantitative estimate of drug-likeness (QED) is 0.603. The van der Waals surface area contributed by atoms with Crippen molar-refractivity contribution in [2.75, 3.05) is 32.7 Å². The number of hydrogen-bond donors (Lipinski definition) is 3. The molecule has 4 nitrogen and oxygen atoms in total. The molecule has 3 unspecified atom stereocenters. The zero-order valence-corrected chi connectivity index (χ0v) is 10.7. The Morgan fingerprint density at radius 2 is 1.81 bits per heavy atom. The second-order valence-electron chi connectivity index (χ2n) is 5.27. The first-order chi connectivity index (χ1) is 7.50. The van der Waals surface area contributed by atoms with E-state index in [1.807, 2.05) is 0 Å². The molecular weight excluding hydrogens is 204 g/mol. The topological polar surface area (TPSA) is 55.7 Å². The summed E-state index contributed by atoms with van der Waals surface area (Å²) in [6, 6.07) is 0. The van der Waals surface area contributed by atoms with Gasteiger partial charge in [0.25, 0.3) is 0 Å². The lowest BCUT2D eigenvalue weighted by Gasteiger charge is -2.33. The molecule has 0 spiro atoms. The van der Waals surface area contributed by atoms with Crippen LogP contribution in [0.3, 0.4) is 0 Å². The number of hydrogen-bond acceptors (Lipinski definition) is 4. The fourth-order valence-corrected chi connectivity index (χ4v) is 2.24. The fraction of sp³-hybridized carbons (Fsp3) is 1.00. The lowest BCUT2D eigenvalue weighted by atomic mass is 9.87. The molecule has 1 saturated heterocycles. The van der Waals surface area contributed by atoms with Crippen LogP contribution in [0.15, 0.2) is 0 Å². The Balaban J connectivity index is 2.44. The minimum absolute atomic E-state index is 0.222. The van der Waals surface area contributed by atoms with E-state index in [9.17, 15) is 10.2 Å². The molecule has 0 radical (unpaired) electrons. The number of nitrogens with one attached hydrogen (secondary N) is 1. The zero-order chi connectivity index (χ0) is 12.2. The summed E-state index contributed by atoms with van der Waals surface area (Å²) in [6.45, 7) is 10.7. The highest BCUT2D eigenvalue weighted by Crippen LogP contribution is 2.24. The average molecular weight is 230 g/mol. The van der Waals surface area contributed by atoms with Gasteiger partial charge in [0.1, 0.15) is 0 Å². The van der Waals surface area contributed by atoms with Crippen LogP contribution in [0.2, 0.25) is 0 Å². The molecule has 0 aromatic rings. The van der Waals surface area contributed by atoms with Crippen molar-refractivity contribution in [1.82, 2.24) is 10.2 Å². The minimum Gasteiger partial charge on any atom is -0.389 e. The van der Waals surface area contributed by atoms with Gasteiger partial charge >= 0.3 is 0 Å². The normalized spacial score (nSPS) is 30.6. The summed E-state index contributed by atoms with van der Waals surface area (Å²) in [5.41, 5.74) is 0.222. The Kier molecular flexibility index (Phi) is 5.18. The standard InChI is InChI=1S/C12H26N2O2/c1-4-12(3,8-13-5-2)9-14-6-10(15)11(16)7-14/h10-11,13,15-16H,4-9H2,1-3H3. The van der Waals surface area contributed by atoms with E-state index < -0.39 is 12.2 Å². The maximum Gasteiger partial charge on any atom is 0.0938 e. The molecule has 0 aliphatic carbocycles. The molecule has 0 amide bonds. The van der Waals surface area contributed by atoms with E-state index in [-0.39, 0.29) is 5.41 Å². The van der Waals surface area contributed by atoms with Crippen LogP contribution in [0, 0.1) is 5.41 Å². The lowest BCUT2D eigenvalue weighted by molar-refractivity contribution is 0.0572. The van der Waals surface area contributed by atoms with Gasteiger partial charge in [-0.2, -0.15) is 0 Å². The second kappa shape index (κ2) is 5.96. The molecule has 1 aliphatic rings. The molecular formula is C12H26N2O2. The van der Waals surface area contributed by atoms with Crippen molar-refractivity contribution in [3.8, 4) is 0 Å². The molecule has 1 rings (SSSR count). The third-order valence-electron chi connectivity index (χ3n) is 3.60. The highest BCUT2D eigenvalue weighted by atomic mass is 16.3. The van der Waals surface area contributed by atoms with Crippen LogP contribution >= 0.6 is 0 Å². The van der Waals surface area contributed by atoms with Crippen molar-refractivity contribution in [3.05, 3.63) is 0 Å². The molecule has 0 aromatic heterocycles. The maximum atomic E-state index is 9.51. The van der Waals surface area contributed by atoms with Gasteiger partial charge in [0.2, 0.25) is 0 Å². The summed E-state index contributed by atoms with van der Waals surface area (Å²) < 4.78 is 0. The Morgan fingerprint density at radius 1 is 1.25 bits per heavy atom. The Labute approximate surface area is 98.6 Å². The SMILES string of the molecule is CCNCC(C)(CC)CN1CC(O)C(O)C1. The Morgan fingerprint density at radius 3 is 2.25 bits per heavy atom. The van der Waals surface area contributed by atoms with Gasteiger partial charge < -0.3 is 15.5 Å². The third-order valence-corrected chi connectivity index (χ3v) is 3.60. The van der Waals surface area contributed by atoms with Gasteiger partial charge in [0.05, 0.1) is 12.2 Å². The molecule has 1 fully saturated rings. The van der Waals surface area contributed by atoms with Gasteiger partial charge in [-0.05, 0) is 18.4 Å². The molecule has 0 bridgehead atoms. The Hall–Kier alpha value is -0.160. The van der Waals surface area contributed by atoms with Crippen molar-refractivity contribution in [2.45, 2.75) is 39.4 Å². The van der Waals surface area contributed by atoms with Gasteiger partial charge in [-0.25, -0.2) is 0 Å². The van der Waals surface area contributed by atoms with E-state index in [0.717, 1.165) is 26.1 Å². The minimum atomic E-state index is -0.569. The van der Waals surface area contributed by atoms with Crippen LogP contribution in [-0.2, 0) is 0 Å². The second-order valence-corrected chi connectivity index (χ2v) is 5.27. The van der Waals surface area contributed by atoms with E-state index in [0.29, 0.717) is 13.1 Å². The highest BCUT2D eigenvalue weighted by molar-refractivity contribution is 4.88. The lowest BCUT2D eigenvalue weighted by Crippen LogP contribution is -2.41. The summed E-state index contributed by atoms with van der Waals surface area (Å²) in [5.74, 6) is 0. The summed E-state index contributed by atoms with van der Waals surface area (Å²) in [7, 11) is 0. The molecule has 4 heteroatoms. The van der Waals surface area contributed by atoms with Crippen LogP contribution in [0.4, 0.5) is 0 Å². The zero-order valence-electron chi connectivity index (χ0n) is 10.7. The van der Waals surface area contributed by atoms with Gasteiger partial charge in [0.15, 0.2) is 0 Å². The van der Waals surface area contributed by atoms with Gasteiger partial charge in [0, 0.05) is 26.2 Å². The fourth-order valence-electron chi connectivity index (χ4n) is 2.24. The highest BCUT2D eigenvalue weighted by Gasteiger charge is 2.33. The van der Waals surface area contributed by atoms with Crippen molar-refractivity contribution in [1.29, 1.82) is 0 Å². The Bertz CT molecular complexity index is 203. The van der Waals surface area contributed by atoms with Crippen LogP contribution in [0.25, 0.3) is 0 Å². The molecule has 16 heavy (non-hydrogen) atoms. The van der Waals surface area contributed by atoms with Crippen molar-refractivity contribution >= 4 is 0 Å². The van der Waals surface area contributed by atoms with E-state index in [2.05, 4.69) is 31.0 Å². The predicted molar refractivity (Wildman–Crippen MR) is 65.4 cm³/mol. The van der Waals surface area contributed by atoms with Crippen LogP contribution in [0.1, 0.15) is 27.2 Å². The number of nitrogens with zero attached hydrogens (tertiary/aromatic N) is 1. The largest absolute Gasteiger partial charge is 0.389 e. The number of rotatable bonds is 6. The molecule has 3 N–H and O–H groups in total. The van der Waals surface area contributed by atoms with Gasteiger partial charge in [-0.15, -0.1) is 0 Å². The number of β-amino-alcohol motifs (C(OH)–C–C–N with tert-alkyl or cyclic N) is 2. The van der Waals surface area contributed by atoms with Crippen molar-refractivity contribution < 1.29 is 10.2 Å². The molecule has 1 heterocycles. The van der Waals surface area contributed by atoms with Crippen molar-refractivity contribution in [2.24, 2.45) is 5.41 Å². The first kappa shape index (κ1) is 13.9. The number of aliphatic hydroxyl groups is 2. The monoisotopic (exact) mass is 230 g/mol. The van der Waals surface area contributed by atoms with E-state index in [4.69, 9.17) is 0 Å². The maximum absolute atomic E-state index is 9.51.